The van der Waals surface area contributed by atoms with Crippen molar-refractivity contribution in [2.24, 2.45) is 5.92 Å². The first-order chi connectivity index (χ1) is 16.5. The van der Waals surface area contributed by atoms with Crippen LogP contribution in [0.15, 0.2) is 48.5 Å². The summed E-state index contributed by atoms with van der Waals surface area (Å²) in [6, 6.07) is 13.1. The van der Waals surface area contributed by atoms with Gasteiger partial charge in [0.1, 0.15) is 11.9 Å². The molecule has 0 aliphatic carbocycles. The third-order valence-electron chi connectivity index (χ3n) is 6.31. The van der Waals surface area contributed by atoms with Gasteiger partial charge in [0.2, 0.25) is 5.91 Å². The van der Waals surface area contributed by atoms with E-state index in [0.717, 1.165) is 5.56 Å². The fourth-order valence-corrected chi connectivity index (χ4v) is 4.45. The molecular weight excluding hydrogens is 461 g/mol. The molecule has 0 bridgehead atoms. The molecule has 1 aromatic heterocycles. The summed E-state index contributed by atoms with van der Waals surface area (Å²) in [6.07, 6.45) is 0.850. The number of nitrogens with zero attached hydrogens (tertiary/aromatic N) is 4. The summed E-state index contributed by atoms with van der Waals surface area (Å²) in [6.45, 7) is 1.51. The number of carbonyl (C=O) groups excluding carboxylic acids is 2. The molecule has 8 nitrogen and oxygen atoms in total. The average molecular weight is 484 g/mol. The number of piperidine rings is 1. The summed E-state index contributed by atoms with van der Waals surface area (Å²) < 4.78 is 20.8. The molecule has 2 aliphatic rings. The van der Waals surface area contributed by atoms with Crippen LogP contribution in [0.4, 0.5) is 10.1 Å². The lowest BCUT2D eigenvalue weighted by molar-refractivity contribution is -0.121. The summed E-state index contributed by atoms with van der Waals surface area (Å²) in [5, 5.41) is 11.8. The number of nitrogens with one attached hydrogen (secondary N) is 1. The summed E-state index contributed by atoms with van der Waals surface area (Å²) >= 11 is 5.89. The molecule has 1 N–H and O–H groups in total. The molecule has 3 heterocycles. The van der Waals surface area contributed by atoms with E-state index in [1.165, 1.54) is 12.1 Å². The lowest BCUT2D eigenvalue weighted by Crippen LogP contribution is -2.42. The molecule has 0 spiro atoms. The summed E-state index contributed by atoms with van der Waals surface area (Å²) in [5.41, 5.74) is 2.45. The Morgan fingerprint density at radius 1 is 1.06 bits per heavy atom. The number of aromatic nitrogens is 3. The van der Waals surface area contributed by atoms with Gasteiger partial charge in [0.15, 0.2) is 5.69 Å². The number of hydrogen-bond donors (Lipinski definition) is 1. The highest BCUT2D eigenvalue weighted by Crippen LogP contribution is 2.28. The minimum Gasteiger partial charge on any atom is -0.365 e. The Labute approximate surface area is 200 Å². The van der Waals surface area contributed by atoms with E-state index >= 15 is 0 Å². The van der Waals surface area contributed by atoms with Crippen molar-refractivity contribution >= 4 is 29.1 Å². The van der Waals surface area contributed by atoms with Crippen LogP contribution >= 0.6 is 11.6 Å². The monoisotopic (exact) mass is 483 g/mol. The second kappa shape index (κ2) is 9.52. The van der Waals surface area contributed by atoms with Gasteiger partial charge in [-0.15, -0.1) is 5.10 Å². The molecule has 1 fully saturated rings. The van der Waals surface area contributed by atoms with Gasteiger partial charge in [-0.2, -0.15) is 0 Å². The first-order valence-electron chi connectivity index (χ1n) is 11.1. The minimum absolute atomic E-state index is 0.0595. The van der Waals surface area contributed by atoms with E-state index in [0.29, 0.717) is 48.9 Å². The Kier molecular flexibility index (Phi) is 6.30. The van der Waals surface area contributed by atoms with Crippen LogP contribution in [0.2, 0.25) is 5.02 Å². The number of halogens is 2. The van der Waals surface area contributed by atoms with Crippen LogP contribution in [-0.2, 0) is 22.7 Å². The first-order valence-corrected chi connectivity index (χ1v) is 11.5. The number of rotatable bonds is 4. The first kappa shape index (κ1) is 22.5. The maximum Gasteiger partial charge on any atom is 0.276 e. The second-order valence-corrected chi connectivity index (χ2v) is 8.92. The van der Waals surface area contributed by atoms with Gasteiger partial charge in [-0.25, -0.2) is 9.07 Å². The van der Waals surface area contributed by atoms with Crippen LogP contribution in [-0.4, -0.2) is 44.8 Å². The van der Waals surface area contributed by atoms with Gasteiger partial charge in [-0.05, 0) is 54.8 Å². The van der Waals surface area contributed by atoms with Gasteiger partial charge in [0.25, 0.3) is 5.91 Å². The highest BCUT2D eigenvalue weighted by Gasteiger charge is 2.33. The maximum atomic E-state index is 13.2. The third-order valence-corrected chi connectivity index (χ3v) is 6.56. The molecule has 0 unspecified atom stereocenters. The third kappa shape index (κ3) is 4.67. The molecule has 1 atom stereocenters. The molecule has 5 rings (SSSR count). The molecule has 3 aromatic rings. The Hall–Kier alpha value is -3.30. The van der Waals surface area contributed by atoms with Crippen molar-refractivity contribution in [2.75, 3.05) is 18.4 Å². The maximum absolute atomic E-state index is 13.2. The van der Waals surface area contributed by atoms with Crippen LogP contribution in [0.5, 0.6) is 0 Å². The second-order valence-electron chi connectivity index (χ2n) is 8.48. The predicted molar refractivity (Wildman–Crippen MR) is 123 cm³/mol. The molecular formula is C24H23ClFN5O3. The lowest BCUT2D eigenvalue weighted by Gasteiger charge is -2.31. The number of likely N-dealkylation sites (tertiary alicyclic amines) is 1. The number of benzene rings is 2. The van der Waals surface area contributed by atoms with Crippen molar-refractivity contribution < 1.29 is 18.7 Å². The van der Waals surface area contributed by atoms with E-state index in [-0.39, 0.29) is 42.0 Å². The Morgan fingerprint density at radius 3 is 2.47 bits per heavy atom. The predicted octanol–water partition coefficient (Wildman–Crippen LogP) is 3.83. The molecule has 0 saturated carbocycles. The van der Waals surface area contributed by atoms with Crippen molar-refractivity contribution in [1.82, 2.24) is 19.9 Å². The fourth-order valence-electron chi connectivity index (χ4n) is 4.33. The molecule has 2 aliphatic heterocycles. The Balaban J connectivity index is 1.18. The number of anilines is 1. The van der Waals surface area contributed by atoms with Crippen LogP contribution in [0.1, 0.15) is 40.7 Å². The molecule has 1 saturated heterocycles. The topological polar surface area (TPSA) is 89.4 Å². The van der Waals surface area contributed by atoms with Crippen LogP contribution in [0, 0.1) is 11.7 Å². The molecule has 34 heavy (non-hydrogen) atoms. The van der Waals surface area contributed by atoms with E-state index in [9.17, 15) is 14.0 Å². The van der Waals surface area contributed by atoms with Gasteiger partial charge in [0.05, 0.1) is 18.8 Å². The van der Waals surface area contributed by atoms with Crippen LogP contribution < -0.4 is 5.32 Å². The van der Waals surface area contributed by atoms with Crippen molar-refractivity contribution in [3.63, 3.8) is 0 Å². The van der Waals surface area contributed by atoms with Crippen molar-refractivity contribution in [3.8, 4) is 0 Å². The number of amides is 2. The van der Waals surface area contributed by atoms with Gasteiger partial charge >= 0.3 is 0 Å². The standard InChI is InChI=1S/C24H23ClFN5O3/c25-17-3-7-19(8-4-17)27-23(32)16-9-11-30(12-10-16)24(33)22-20-14-34-21(13-31(20)29-28-22)15-1-5-18(26)6-2-15/h1-8,16,21H,9-14H2,(H,27,32)/t21-/m0/s1. The Bertz CT molecular complexity index is 1190. The van der Waals surface area contributed by atoms with Crippen LogP contribution in [0.3, 0.4) is 0 Å². The van der Waals surface area contributed by atoms with E-state index < -0.39 is 0 Å². The largest absolute Gasteiger partial charge is 0.365 e. The van der Waals surface area contributed by atoms with Gasteiger partial charge in [0, 0.05) is 29.7 Å². The van der Waals surface area contributed by atoms with E-state index in [2.05, 4.69) is 15.6 Å². The summed E-state index contributed by atoms with van der Waals surface area (Å²) in [5.74, 6) is -0.744. The molecule has 0 radical (unpaired) electrons. The summed E-state index contributed by atoms with van der Waals surface area (Å²) in [7, 11) is 0. The van der Waals surface area contributed by atoms with Crippen LogP contribution in [0.25, 0.3) is 0 Å². The molecule has 2 aromatic carbocycles. The smallest absolute Gasteiger partial charge is 0.276 e. The minimum atomic E-state index is -0.305. The van der Waals surface area contributed by atoms with Crippen molar-refractivity contribution in [3.05, 3.63) is 76.3 Å². The highest BCUT2D eigenvalue weighted by molar-refractivity contribution is 6.30. The van der Waals surface area contributed by atoms with E-state index in [1.54, 1.807) is 46.0 Å². The van der Waals surface area contributed by atoms with Gasteiger partial charge < -0.3 is 15.0 Å². The zero-order chi connectivity index (χ0) is 23.7. The fraction of sp³-hybridized carbons (Fsp3) is 0.333. The SMILES string of the molecule is O=C(Nc1ccc(Cl)cc1)C1CCN(C(=O)c2nnn3c2CO[C@H](c2ccc(F)cc2)C3)CC1. The molecule has 10 heteroatoms. The quantitative estimate of drug-likeness (QED) is 0.609. The zero-order valence-corrected chi connectivity index (χ0v) is 19.0. The highest BCUT2D eigenvalue weighted by atomic mass is 35.5. The number of hydrogen-bond acceptors (Lipinski definition) is 5. The zero-order valence-electron chi connectivity index (χ0n) is 18.3. The number of carbonyl (C=O) groups is 2. The molecule has 176 valence electrons. The number of ether oxygens (including phenoxy) is 1. The normalized spacial score (nSPS) is 18.4. The number of fused-ring (bicyclic) bond motifs is 1. The van der Waals surface area contributed by atoms with E-state index in [4.69, 9.17) is 16.3 Å². The van der Waals surface area contributed by atoms with E-state index in [1.807, 2.05) is 0 Å². The lowest BCUT2D eigenvalue weighted by atomic mass is 9.95. The molecule has 2 amide bonds. The average Bonchev–Trinajstić information content (AvgIpc) is 3.29. The Morgan fingerprint density at radius 2 is 1.76 bits per heavy atom. The van der Waals surface area contributed by atoms with Gasteiger partial charge in [-0.1, -0.05) is 28.9 Å². The van der Waals surface area contributed by atoms with Gasteiger partial charge in [-0.3, -0.25) is 9.59 Å². The van der Waals surface area contributed by atoms with Crippen molar-refractivity contribution in [1.29, 1.82) is 0 Å². The van der Waals surface area contributed by atoms with Crippen molar-refractivity contribution in [2.45, 2.75) is 32.1 Å². The summed E-state index contributed by atoms with van der Waals surface area (Å²) in [4.78, 5) is 27.4.